The average Bonchev–Trinajstić information content (AvgIpc) is 2.53. The molecule has 0 unspecified atom stereocenters. The van der Waals surface area contributed by atoms with Gasteiger partial charge in [0.25, 0.3) is 5.89 Å². The first-order valence-corrected chi connectivity index (χ1v) is 3.99. The van der Waals surface area contributed by atoms with E-state index < -0.39 is 6.09 Å². The van der Waals surface area contributed by atoms with Crippen LogP contribution in [0, 0.1) is 0 Å². The monoisotopic (exact) mass is 201 g/mol. The molecule has 0 spiro atoms. The van der Waals surface area contributed by atoms with Gasteiger partial charge in [0.05, 0.1) is 0 Å². The second-order valence-corrected chi connectivity index (χ2v) is 2.52. The molecule has 0 radical (unpaired) electrons. The minimum atomic E-state index is -1.06. The van der Waals surface area contributed by atoms with E-state index in [9.17, 15) is 4.79 Å². The number of rotatable bonds is 5. The second-order valence-electron chi connectivity index (χ2n) is 2.52. The van der Waals surface area contributed by atoms with Gasteiger partial charge in [0.1, 0.15) is 6.61 Å². The molecule has 0 saturated heterocycles. The fourth-order valence-electron chi connectivity index (χ4n) is 0.855. The van der Waals surface area contributed by atoms with Crippen LogP contribution in [0.3, 0.4) is 0 Å². The van der Waals surface area contributed by atoms with Gasteiger partial charge in [0.2, 0.25) is 0 Å². The van der Waals surface area contributed by atoms with E-state index in [2.05, 4.69) is 15.5 Å². The Kier molecular flexibility index (Phi) is 3.86. The highest BCUT2D eigenvalue weighted by atomic mass is 16.5. The molecule has 1 aromatic heterocycles. The van der Waals surface area contributed by atoms with Crippen LogP contribution < -0.4 is 5.32 Å². The van der Waals surface area contributed by atoms with Crippen LogP contribution in [0.4, 0.5) is 4.79 Å². The summed E-state index contributed by atoms with van der Waals surface area (Å²) in [5.74, 6) is 0.851. The SMILES string of the molecule is COCc1nc(CCNC(=O)O)no1. The summed E-state index contributed by atoms with van der Waals surface area (Å²) in [6.45, 7) is 0.528. The Hall–Kier alpha value is -1.63. The van der Waals surface area contributed by atoms with Crippen LogP contribution in [0.5, 0.6) is 0 Å². The topological polar surface area (TPSA) is 97.5 Å². The molecule has 0 aliphatic heterocycles. The van der Waals surface area contributed by atoms with Gasteiger partial charge in [-0.2, -0.15) is 4.98 Å². The van der Waals surface area contributed by atoms with Gasteiger partial charge >= 0.3 is 6.09 Å². The van der Waals surface area contributed by atoms with Crippen molar-refractivity contribution in [1.29, 1.82) is 0 Å². The summed E-state index contributed by atoms with van der Waals surface area (Å²) in [5, 5.41) is 14.1. The number of nitrogens with one attached hydrogen (secondary N) is 1. The van der Waals surface area contributed by atoms with Crippen molar-refractivity contribution in [2.45, 2.75) is 13.0 Å². The summed E-state index contributed by atoms with van der Waals surface area (Å²) in [7, 11) is 1.52. The third-order valence-electron chi connectivity index (χ3n) is 1.40. The quantitative estimate of drug-likeness (QED) is 0.697. The highest BCUT2D eigenvalue weighted by Crippen LogP contribution is 1.98. The van der Waals surface area contributed by atoms with Crippen LogP contribution in [0.2, 0.25) is 0 Å². The fourth-order valence-corrected chi connectivity index (χ4v) is 0.855. The normalized spacial score (nSPS) is 10.1. The zero-order valence-corrected chi connectivity index (χ0v) is 7.69. The number of nitrogens with zero attached hydrogens (tertiary/aromatic N) is 2. The average molecular weight is 201 g/mol. The third-order valence-corrected chi connectivity index (χ3v) is 1.40. The number of amides is 1. The maximum atomic E-state index is 10.1. The smallest absolute Gasteiger partial charge is 0.404 e. The number of hydrogen-bond acceptors (Lipinski definition) is 5. The molecule has 1 amide bonds. The Labute approximate surface area is 80.1 Å². The van der Waals surface area contributed by atoms with Crippen molar-refractivity contribution in [3.05, 3.63) is 11.7 Å². The molecule has 0 bridgehead atoms. The lowest BCUT2D eigenvalue weighted by atomic mass is 10.4. The van der Waals surface area contributed by atoms with E-state index in [1.165, 1.54) is 7.11 Å². The van der Waals surface area contributed by atoms with Gasteiger partial charge in [-0.25, -0.2) is 4.79 Å². The van der Waals surface area contributed by atoms with E-state index in [0.717, 1.165) is 0 Å². The number of hydrogen-bond donors (Lipinski definition) is 2. The summed E-state index contributed by atoms with van der Waals surface area (Å²) >= 11 is 0. The van der Waals surface area contributed by atoms with Crippen molar-refractivity contribution < 1.29 is 19.2 Å². The van der Waals surface area contributed by atoms with E-state index in [1.807, 2.05) is 0 Å². The molecule has 0 saturated carbocycles. The first-order valence-electron chi connectivity index (χ1n) is 3.99. The minimum Gasteiger partial charge on any atom is -0.465 e. The van der Waals surface area contributed by atoms with Crippen LogP contribution >= 0.6 is 0 Å². The van der Waals surface area contributed by atoms with Crippen molar-refractivity contribution in [3.8, 4) is 0 Å². The van der Waals surface area contributed by atoms with E-state index in [1.54, 1.807) is 0 Å². The van der Waals surface area contributed by atoms with Crippen molar-refractivity contribution in [3.63, 3.8) is 0 Å². The first kappa shape index (κ1) is 10.5. The molecule has 1 rings (SSSR count). The fraction of sp³-hybridized carbons (Fsp3) is 0.571. The van der Waals surface area contributed by atoms with E-state index in [0.29, 0.717) is 18.1 Å². The van der Waals surface area contributed by atoms with Crippen molar-refractivity contribution in [1.82, 2.24) is 15.5 Å². The minimum absolute atomic E-state index is 0.263. The predicted octanol–water partition coefficient (Wildman–Crippen LogP) is 0.0261. The third kappa shape index (κ3) is 3.40. The zero-order valence-electron chi connectivity index (χ0n) is 7.69. The molecule has 1 heterocycles. The van der Waals surface area contributed by atoms with E-state index >= 15 is 0 Å². The Bertz CT molecular complexity index is 299. The maximum Gasteiger partial charge on any atom is 0.404 e. The molecule has 7 nitrogen and oxygen atoms in total. The Morgan fingerprint density at radius 3 is 3.14 bits per heavy atom. The lowest BCUT2D eigenvalue weighted by Gasteiger charge is -1.94. The van der Waals surface area contributed by atoms with Gasteiger partial charge in [-0.05, 0) is 0 Å². The van der Waals surface area contributed by atoms with Crippen LogP contribution in [0.25, 0.3) is 0 Å². The zero-order chi connectivity index (χ0) is 10.4. The van der Waals surface area contributed by atoms with Gasteiger partial charge in [0, 0.05) is 20.1 Å². The van der Waals surface area contributed by atoms with Gasteiger partial charge in [0.15, 0.2) is 5.82 Å². The molecule has 0 aromatic carbocycles. The van der Waals surface area contributed by atoms with Crippen molar-refractivity contribution >= 4 is 6.09 Å². The Morgan fingerprint density at radius 2 is 2.50 bits per heavy atom. The number of aromatic nitrogens is 2. The molecule has 0 atom stereocenters. The van der Waals surface area contributed by atoms with Gasteiger partial charge in [-0.1, -0.05) is 5.16 Å². The van der Waals surface area contributed by atoms with Crippen LogP contribution in [-0.4, -0.2) is 35.0 Å². The largest absolute Gasteiger partial charge is 0.465 e. The first-order chi connectivity index (χ1) is 6.72. The standard InChI is InChI=1S/C7H11N3O4/c1-13-4-6-9-5(10-14-6)2-3-8-7(11)12/h8H,2-4H2,1H3,(H,11,12). The molecule has 0 fully saturated rings. The van der Waals surface area contributed by atoms with Gasteiger partial charge < -0.3 is 19.7 Å². The second kappa shape index (κ2) is 5.18. The van der Waals surface area contributed by atoms with Crippen molar-refractivity contribution in [2.24, 2.45) is 0 Å². The summed E-state index contributed by atoms with van der Waals surface area (Å²) < 4.78 is 9.58. The molecule has 7 heteroatoms. The number of carbonyl (C=O) groups is 1. The Morgan fingerprint density at radius 1 is 1.71 bits per heavy atom. The summed E-state index contributed by atoms with van der Waals surface area (Å²) in [4.78, 5) is 14.1. The lowest BCUT2D eigenvalue weighted by Crippen LogP contribution is -2.23. The highest BCUT2D eigenvalue weighted by Gasteiger charge is 2.05. The molecular formula is C7H11N3O4. The summed E-state index contributed by atoms with van der Waals surface area (Å²) in [5.41, 5.74) is 0. The molecule has 1 aromatic rings. The highest BCUT2D eigenvalue weighted by molar-refractivity contribution is 5.64. The van der Waals surface area contributed by atoms with Crippen LogP contribution in [0.15, 0.2) is 4.52 Å². The molecular weight excluding hydrogens is 190 g/mol. The number of carboxylic acid groups (broad SMARTS) is 1. The van der Waals surface area contributed by atoms with E-state index in [-0.39, 0.29) is 13.2 Å². The van der Waals surface area contributed by atoms with Crippen LogP contribution in [-0.2, 0) is 17.8 Å². The predicted molar refractivity (Wildman–Crippen MR) is 44.7 cm³/mol. The number of ether oxygens (including phenoxy) is 1. The molecule has 2 N–H and O–H groups in total. The molecule has 0 aliphatic carbocycles. The molecule has 0 aliphatic rings. The lowest BCUT2D eigenvalue weighted by molar-refractivity contribution is 0.151. The summed E-state index contributed by atoms with van der Waals surface area (Å²) in [6, 6.07) is 0. The van der Waals surface area contributed by atoms with Crippen LogP contribution in [0.1, 0.15) is 11.7 Å². The summed E-state index contributed by atoms with van der Waals surface area (Å²) in [6.07, 6.45) is -0.662. The van der Waals surface area contributed by atoms with E-state index in [4.69, 9.17) is 14.4 Å². The van der Waals surface area contributed by atoms with Crippen molar-refractivity contribution in [2.75, 3.05) is 13.7 Å². The van der Waals surface area contributed by atoms with Gasteiger partial charge in [-0.15, -0.1) is 0 Å². The molecule has 14 heavy (non-hydrogen) atoms. The Balaban J connectivity index is 2.32. The maximum absolute atomic E-state index is 10.1. The number of methoxy groups -OCH3 is 1. The molecule has 78 valence electrons. The van der Waals surface area contributed by atoms with Gasteiger partial charge in [-0.3, -0.25) is 0 Å².